The van der Waals surface area contributed by atoms with Crippen molar-refractivity contribution in [2.24, 2.45) is 0 Å². The van der Waals surface area contributed by atoms with E-state index in [1.54, 1.807) is 13.3 Å². The van der Waals surface area contributed by atoms with Crippen molar-refractivity contribution in [3.8, 4) is 5.88 Å². The summed E-state index contributed by atoms with van der Waals surface area (Å²) in [7, 11) is 1.63. The summed E-state index contributed by atoms with van der Waals surface area (Å²) in [6.07, 6.45) is 2.78. The molecule has 0 radical (unpaired) electrons. The first kappa shape index (κ1) is 15.0. The molecule has 4 heteroatoms. The minimum Gasteiger partial charge on any atom is -0.481 e. The highest BCUT2D eigenvalue weighted by atomic mass is 79.9. The molecular formula is C16H19BrN2O. The van der Waals surface area contributed by atoms with E-state index in [1.807, 2.05) is 12.1 Å². The van der Waals surface area contributed by atoms with Crippen LogP contribution in [0.2, 0.25) is 0 Å². The summed E-state index contributed by atoms with van der Waals surface area (Å²) in [5.41, 5.74) is 2.51. The Morgan fingerprint density at radius 1 is 1.20 bits per heavy atom. The second kappa shape index (κ2) is 7.41. The Morgan fingerprint density at radius 2 is 1.95 bits per heavy atom. The molecule has 106 valence electrons. The molecule has 0 aliphatic carbocycles. The van der Waals surface area contributed by atoms with E-state index >= 15 is 0 Å². The SMILES string of the molecule is COc1cc(CNC(C)Cc2ccc(Br)cc2)ccn1. The van der Waals surface area contributed by atoms with Crippen LogP contribution in [0.5, 0.6) is 5.88 Å². The molecule has 0 saturated carbocycles. The summed E-state index contributed by atoms with van der Waals surface area (Å²) < 4.78 is 6.24. The Hall–Kier alpha value is -1.39. The summed E-state index contributed by atoms with van der Waals surface area (Å²) in [4.78, 5) is 4.11. The minimum absolute atomic E-state index is 0.412. The highest BCUT2D eigenvalue weighted by Crippen LogP contribution is 2.12. The molecule has 0 spiro atoms. The molecule has 1 N–H and O–H groups in total. The number of hydrogen-bond donors (Lipinski definition) is 1. The maximum Gasteiger partial charge on any atom is 0.213 e. The number of pyridine rings is 1. The summed E-state index contributed by atoms with van der Waals surface area (Å²) in [5, 5.41) is 3.52. The van der Waals surface area contributed by atoms with Gasteiger partial charge in [-0.3, -0.25) is 0 Å². The Labute approximate surface area is 128 Å². The van der Waals surface area contributed by atoms with Gasteiger partial charge in [0.05, 0.1) is 7.11 Å². The van der Waals surface area contributed by atoms with Crippen LogP contribution in [0, 0.1) is 0 Å². The number of halogens is 1. The van der Waals surface area contributed by atoms with Gasteiger partial charge < -0.3 is 10.1 Å². The van der Waals surface area contributed by atoms with E-state index in [0.717, 1.165) is 17.4 Å². The lowest BCUT2D eigenvalue weighted by Gasteiger charge is -2.14. The van der Waals surface area contributed by atoms with Crippen LogP contribution in [0.1, 0.15) is 18.1 Å². The first-order chi connectivity index (χ1) is 9.67. The fourth-order valence-electron chi connectivity index (χ4n) is 2.01. The second-order valence-electron chi connectivity index (χ2n) is 4.82. The van der Waals surface area contributed by atoms with Crippen molar-refractivity contribution in [3.05, 3.63) is 58.2 Å². The number of benzene rings is 1. The smallest absolute Gasteiger partial charge is 0.213 e. The molecule has 0 saturated heterocycles. The third-order valence-corrected chi connectivity index (χ3v) is 3.65. The first-order valence-electron chi connectivity index (χ1n) is 6.64. The lowest BCUT2D eigenvalue weighted by Crippen LogP contribution is -2.27. The van der Waals surface area contributed by atoms with Crippen molar-refractivity contribution in [1.29, 1.82) is 0 Å². The Bertz CT molecular complexity index is 542. The van der Waals surface area contributed by atoms with Crippen LogP contribution in [0.15, 0.2) is 47.1 Å². The monoisotopic (exact) mass is 334 g/mol. The third-order valence-electron chi connectivity index (χ3n) is 3.12. The van der Waals surface area contributed by atoms with Crippen molar-refractivity contribution < 1.29 is 4.74 Å². The predicted octanol–water partition coefficient (Wildman–Crippen LogP) is 3.57. The van der Waals surface area contributed by atoms with E-state index < -0.39 is 0 Å². The Kier molecular flexibility index (Phi) is 5.56. The molecule has 0 fully saturated rings. The van der Waals surface area contributed by atoms with Gasteiger partial charge in [-0.05, 0) is 42.7 Å². The summed E-state index contributed by atoms with van der Waals surface area (Å²) in [6.45, 7) is 3.01. The Balaban J connectivity index is 1.85. The third kappa shape index (κ3) is 4.62. The van der Waals surface area contributed by atoms with E-state index in [-0.39, 0.29) is 0 Å². The standard InChI is InChI=1S/C16H19BrN2O/c1-12(9-13-3-5-15(17)6-4-13)19-11-14-7-8-18-16(10-14)20-2/h3-8,10,12,19H,9,11H2,1-2H3. The van der Waals surface area contributed by atoms with Crippen LogP contribution in [0.4, 0.5) is 0 Å². The topological polar surface area (TPSA) is 34.1 Å². The maximum atomic E-state index is 5.13. The largest absolute Gasteiger partial charge is 0.481 e. The summed E-state index contributed by atoms with van der Waals surface area (Å²) in [6, 6.07) is 12.8. The molecule has 20 heavy (non-hydrogen) atoms. The van der Waals surface area contributed by atoms with Gasteiger partial charge in [0.15, 0.2) is 0 Å². The molecule has 1 atom stereocenters. The van der Waals surface area contributed by atoms with Crippen molar-refractivity contribution in [2.75, 3.05) is 7.11 Å². The number of ether oxygens (including phenoxy) is 1. The van der Waals surface area contributed by atoms with Gasteiger partial charge >= 0.3 is 0 Å². The molecule has 0 bridgehead atoms. The highest BCUT2D eigenvalue weighted by Gasteiger charge is 2.04. The minimum atomic E-state index is 0.412. The van der Waals surface area contributed by atoms with E-state index in [1.165, 1.54) is 11.1 Å². The molecule has 1 unspecified atom stereocenters. The van der Waals surface area contributed by atoms with Gasteiger partial charge in [0, 0.05) is 29.3 Å². The molecular weight excluding hydrogens is 316 g/mol. The molecule has 0 aliphatic rings. The van der Waals surface area contributed by atoms with Crippen LogP contribution in [-0.4, -0.2) is 18.1 Å². The number of nitrogens with one attached hydrogen (secondary N) is 1. The summed E-state index contributed by atoms with van der Waals surface area (Å²) >= 11 is 3.45. The molecule has 2 rings (SSSR count). The van der Waals surface area contributed by atoms with Crippen LogP contribution in [-0.2, 0) is 13.0 Å². The van der Waals surface area contributed by atoms with Crippen LogP contribution >= 0.6 is 15.9 Å². The van der Waals surface area contributed by atoms with Gasteiger partial charge in [0.2, 0.25) is 5.88 Å². The molecule has 0 aliphatic heterocycles. The molecule has 1 aromatic carbocycles. The molecule has 3 nitrogen and oxygen atoms in total. The van der Waals surface area contributed by atoms with Crippen LogP contribution < -0.4 is 10.1 Å². The van der Waals surface area contributed by atoms with E-state index in [2.05, 4.69) is 57.4 Å². The number of rotatable bonds is 6. The van der Waals surface area contributed by atoms with Gasteiger partial charge in [0.1, 0.15) is 0 Å². The van der Waals surface area contributed by atoms with Crippen LogP contribution in [0.3, 0.4) is 0 Å². The van der Waals surface area contributed by atoms with Gasteiger partial charge in [-0.25, -0.2) is 4.98 Å². The lowest BCUT2D eigenvalue weighted by molar-refractivity contribution is 0.397. The second-order valence-corrected chi connectivity index (χ2v) is 5.73. The van der Waals surface area contributed by atoms with Crippen molar-refractivity contribution in [1.82, 2.24) is 10.3 Å². The van der Waals surface area contributed by atoms with E-state index in [4.69, 9.17) is 4.74 Å². The molecule has 1 heterocycles. The van der Waals surface area contributed by atoms with Gasteiger partial charge in [-0.1, -0.05) is 28.1 Å². The predicted molar refractivity (Wildman–Crippen MR) is 84.9 cm³/mol. The zero-order valence-corrected chi connectivity index (χ0v) is 13.4. The fourth-order valence-corrected chi connectivity index (χ4v) is 2.27. The average Bonchev–Trinajstić information content (AvgIpc) is 2.48. The van der Waals surface area contributed by atoms with E-state index in [9.17, 15) is 0 Å². The fraction of sp³-hybridized carbons (Fsp3) is 0.312. The van der Waals surface area contributed by atoms with Crippen LogP contribution in [0.25, 0.3) is 0 Å². The number of hydrogen-bond acceptors (Lipinski definition) is 3. The van der Waals surface area contributed by atoms with Gasteiger partial charge in [-0.15, -0.1) is 0 Å². The van der Waals surface area contributed by atoms with Gasteiger partial charge in [0.25, 0.3) is 0 Å². The maximum absolute atomic E-state index is 5.13. The van der Waals surface area contributed by atoms with Gasteiger partial charge in [-0.2, -0.15) is 0 Å². The first-order valence-corrected chi connectivity index (χ1v) is 7.43. The van der Waals surface area contributed by atoms with Crippen molar-refractivity contribution in [2.45, 2.75) is 25.9 Å². The molecule has 2 aromatic rings. The molecule has 0 amide bonds. The summed E-state index contributed by atoms with van der Waals surface area (Å²) in [5.74, 6) is 0.657. The van der Waals surface area contributed by atoms with Crippen molar-refractivity contribution in [3.63, 3.8) is 0 Å². The zero-order valence-electron chi connectivity index (χ0n) is 11.8. The zero-order chi connectivity index (χ0) is 14.4. The van der Waals surface area contributed by atoms with E-state index in [0.29, 0.717) is 11.9 Å². The lowest BCUT2D eigenvalue weighted by atomic mass is 10.1. The highest BCUT2D eigenvalue weighted by molar-refractivity contribution is 9.10. The average molecular weight is 335 g/mol. The number of methoxy groups -OCH3 is 1. The quantitative estimate of drug-likeness (QED) is 0.876. The normalized spacial score (nSPS) is 12.2. The number of nitrogens with zero attached hydrogens (tertiary/aromatic N) is 1. The van der Waals surface area contributed by atoms with Crippen molar-refractivity contribution >= 4 is 15.9 Å². The molecule has 1 aromatic heterocycles. The number of aromatic nitrogens is 1. The Morgan fingerprint density at radius 3 is 2.65 bits per heavy atom.